The first-order valence-electron chi connectivity index (χ1n) is 8.07. The van der Waals surface area contributed by atoms with Gasteiger partial charge in [0.05, 0.1) is 18.0 Å². The van der Waals surface area contributed by atoms with E-state index < -0.39 is 11.8 Å². The molecule has 0 aliphatic heterocycles. The number of aryl methyl sites for hydroxylation is 2. The minimum Gasteiger partial charge on any atom is -0.369 e. The summed E-state index contributed by atoms with van der Waals surface area (Å²) in [5, 5.41) is 7.04. The normalized spacial score (nSPS) is 12.0. The number of aromatic nitrogens is 2. The molecule has 1 unspecified atom stereocenters. The summed E-state index contributed by atoms with van der Waals surface area (Å²) in [6, 6.07) is 5.88. The lowest BCUT2D eigenvalue weighted by atomic mass is 9.98. The number of hydrogen-bond donors (Lipinski definition) is 2. The van der Waals surface area contributed by atoms with E-state index in [4.69, 9.17) is 5.73 Å². The summed E-state index contributed by atoms with van der Waals surface area (Å²) in [5.74, 6) is -1.58. The first kappa shape index (κ1) is 18.6. The molecule has 0 bridgehead atoms. The van der Waals surface area contributed by atoms with E-state index in [-0.39, 0.29) is 24.7 Å². The second-order valence-electron chi connectivity index (χ2n) is 6.18. The van der Waals surface area contributed by atoms with Gasteiger partial charge in [-0.15, -0.1) is 0 Å². The maximum atomic E-state index is 13.0. The number of carbonyl (C=O) groups excluding carboxylic acids is 2. The van der Waals surface area contributed by atoms with Crippen molar-refractivity contribution in [3.63, 3.8) is 0 Å². The lowest BCUT2D eigenvalue weighted by Gasteiger charge is -2.14. The van der Waals surface area contributed by atoms with Crippen LogP contribution in [0.15, 0.2) is 24.3 Å². The summed E-state index contributed by atoms with van der Waals surface area (Å²) in [4.78, 5) is 23.8. The standard InChI is InChI=1S/C18H23FN4O2/c1-11-16(12(2)23(3)22-11)9-17(24)21-10-14(18(20)25)8-13-4-6-15(19)7-5-13/h4-7,14H,8-10H2,1-3H3,(H2,20,25)(H,21,24). The third kappa shape index (κ3) is 4.89. The summed E-state index contributed by atoms with van der Waals surface area (Å²) in [7, 11) is 1.83. The van der Waals surface area contributed by atoms with Crippen LogP contribution in [-0.2, 0) is 29.5 Å². The zero-order valence-corrected chi connectivity index (χ0v) is 14.7. The summed E-state index contributed by atoms with van der Waals surface area (Å²) >= 11 is 0. The fourth-order valence-corrected chi connectivity index (χ4v) is 2.71. The number of halogens is 1. The lowest BCUT2D eigenvalue weighted by Crippen LogP contribution is -2.38. The highest BCUT2D eigenvalue weighted by Crippen LogP contribution is 2.13. The van der Waals surface area contributed by atoms with E-state index in [1.54, 1.807) is 16.8 Å². The average Bonchev–Trinajstić information content (AvgIpc) is 2.79. The van der Waals surface area contributed by atoms with E-state index in [2.05, 4.69) is 10.4 Å². The Morgan fingerprint density at radius 2 is 1.92 bits per heavy atom. The van der Waals surface area contributed by atoms with E-state index in [1.165, 1.54) is 12.1 Å². The number of nitrogens with one attached hydrogen (secondary N) is 1. The van der Waals surface area contributed by atoms with E-state index in [0.29, 0.717) is 6.42 Å². The molecule has 2 amide bonds. The van der Waals surface area contributed by atoms with Crippen LogP contribution in [0.2, 0.25) is 0 Å². The quantitative estimate of drug-likeness (QED) is 0.789. The Morgan fingerprint density at radius 1 is 1.28 bits per heavy atom. The molecule has 1 aromatic heterocycles. The highest BCUT2D eigenvalue weighted by atomic mass is 19.1. The highest BCUT2D eigenvalue weighted by molar-refractivity contribution is 5.81. The van der Waals surface area contributed by atoms with Crippen molar-refractivity contribution in [2.75, 3.05) is 6.54 Å². The lowest BCUT2D eigenvalue weighted by molar-refractivity contribution is -0.123. The van der Waals surface area contributed by atoms with Gasteiger partial charge in [-0.05, 0) is 38.0 Å². The number of rotatable bonds is 7. The van der Waals surface area contributed by atoms with E-state index in [9.17, 15) is 14.0 Å². The molecule has 134 valence electrons. The van der Waals surface area contributed by atoms with Crippen LogP contribution >= 0.6 is 0 Å². The van der Waals surface area contributed by atoms with Crippen molar-refractivity contribution in [2.24, 2.45) is 18.7 Å². The molecule has 1 heterocycles. The fourth-order valence-electron chi connectivity index (χ4n) is 2.71. The van der Waals surface area contributed by atoms with Crippen molar-refractivity contribution in [2.45, 2.75) is 26.7 Å². The van der Waals surface area contributed by atoms with Gasteiger partial charge in [-0.2, -0.15) is 5.10 Å². The monoisotopic (exact) mass is 346 g/mol. The van der Waals surface area contributed by atoms with Crippen LogP contribution in [0.25, 0.3) is 0 Å². The van der Waals surface area contributed by atoms with Crippen LogP contribution in [-0.4, -0.2) is 28.1 Å². The predicted octanol–water partition coefficient (Wildman–Crippen LogP) is 1.18. The van der Waals surface area contributed by atoms with Crippen molar-refractivity contribution in [3.05, 3.63) is 52.6 Å². The van der Waals surface area contributed by atoms with E-state index in [0.717, 1.165) is 22.5 Å². The predicted molar refractivity (Wildman–Crippen MR) is 92.2 cm³/mol. The molecule has 2 rings (SSSR count). The molecule has 1 aromatic carbocycles. The third-order valence-corrected chi connectivity index (χ3v) is 4.34. The second-order valence-corrected chi connectivity index (χ2v) is 6.18. The highest BCUT2D eigenvalue weighted by Gasteiger charge is 2.19. The smallest absolute Gasteiger partial charge is 0.224 e. The van der Waals surface area contributed by atoms with Crippen molar-refractivity contribution >= 4 is 11.8 Å². The molecule has 0 saturated heterocycles. The molecule has 7 heteroatoms. The first-order chi connectivity index (χ1) is 11.8. The van der Waals surface area contributed by atoms with Crippen LogP contribution in [0.5, 0.6) is 0 Å². The number of hydrogen-bond acceptors (Lipinski definition) is 3. The van der Waals surface area contributed by atoms with Gasteiger partial charge in [0, 0.05) is 24.8 Å². The number of nitrogens with two attached hydrogens (primary N) is 1. The molecule has 0 saturated carbocycles. The summed E-state index contributed by atoms with van der Waals surface area (Å²) in [6.07, 6.45) is 0.550. The molecule has 2 aromatic rings. The van der Waals surface area contributed by atoms with Crippen LogP contribution < -0.4 is 11.1 Å². The van der Waals surface area contributed by atoms with Crippen LogP contribution in [0.3, 0.4) is 0 Å². The Bertz CT molecular complexity index is 768. The Balaban J connectivity index is 1.95. The molecule has 0 aliphatic rings. The van der Waals surface area contributed by atoms with E-state index in [1.807, 2.05) is 20.9 Å². The molecule has 0 radical (unpaired) electrons. The second kappa shape index (κ2) is 7.92. The summed E-state index contributed by atoms with van der Waals surface area (Å²) in [5.41, 5.74) is 8.85. The number of carbonyl (C=O) groups is 2. The van der Waals surface area contributed by atoms with Crippen LogP contribution in [0, 0.1) is 25.6 Å². The molecule has 3 N–H and O–H groups in total. The maximum absolute atomic E-state index is 13.0. The van der Waals surface area contributed by atoms with Gasteiger partial charge >= 0.3 is 0 Å². The zero-order chi connectivity index (χ0) is 18.6. The number of amides is 2. The van der Waals surface area contributed by atoms with Crippen molar-refractivity contribution in [3.8, 4) is 0 Å². The Labute approximate surface area is 146 Å². The van der Waals surface area contributed by atoms with Gasteiger partial charge in [0.1, 0.15) is 5.82 Å². The van der Waals surface area contributed by atoms with Gasteiger partial charge in [0.25, 0.3) is 0 Å². The number of primary amides is 1. The van der Waals surface area contributed by atoms with Gasteiger partial charge in [-0.25, -0.2) is 4.39 Å². The Kier molecular flexibility index (Phi) is 5.90. The average molecular weight is 346 g/mol. The van der Waals surface area contributed by atoms with Gasteiger partial charge in [-0.3, -0.25) is 14.3 Å². The molecule has 0 spiro atoms. The minimum atomic E-state index is -0.550. The molecule has 0 aliphatic carbocycles. The topological polar surface area (TPSA) is 90.0 Å². The maximum Gasteiger partial charge on any atom is 0.224 e. The molecule has 25 heavy (non-hydrogen) atoms. The number of nitrogens with zero attached hydrogens (tertiary/aromatic N) is 2. The SMILES string of the molecule is Cc1nn(C)c(C)c1CC(=O)NCC(Cc1ccc(F)cc1)C(N)=O. The zero-order valence-electron chi connectivity index (χ0n) is 14.7. The minimum absolute atomic E-state index is 0.143. The third-order valence-electron chi connectivity index (χ3n) is 4.34. The molecular weight excluding hydrogens is 323 g/mol. The van der Waals surface area contributed by atoms with Crippen LogP contribution in [0.1, 0.15) is 22.5 Å². The fraction of sp³-hybridized carbons (Fsp3) is 0.389. The number of benzene rings is 1. The van der Waals surface area contributed by atoms with Gasteiger partial charge < -0.3 is 11.1 Å². The van der Waals surface area contributed by atoms with Gasteiger partial charge in [-0.1, -0.05) is 12.1 Å². The Hall–Kier alpha value is -2.70. The first-order valence-corrected chi connectivity index (χ1v) is 8.07. The largest absolute Gasteiger partial charge is 0.369 e. The molecule has 0 fully saturated rings. The summed E-state index contributed by atoms with van der Waals surface area (Å²) < 4.78 is 14.7. The van der Waals surface area contributed by atoms with Gasteiger partial charge in [0.15, 0.2) is 0 Å². The van der Waals surface area contributed by atoms with Crippen molar-refractivity contribution in [1.82, 2.24) is 15.1 Å². The van der Waals surface area contributed by atoms with Crippen LogP contribution in [0.4, 0.5) is 4.39 Å². The molecule has 1 atom stereocenters. The molecular formula is C18H23FN4O2. The molecule has 6 nitrogen and oxygen atoms in total. The van der Waals surface area contributed by atoms with Crippen molar-refractivity contribution in [1.29, 1.82) is 0 Å². The Morgan fingerprint density at radius 3 is 2.44 bits per heavy atom. The van der Waals surface area contributed by atoms with Crippen molar-refractivity contribution < 1.29 is 14.0 Å². The van der Waals surface area contributed by atoms with E-state index >= 15 is 0 Å². The summed E-state index contributed by atoms with van der Waals surface area (Å²) in [6.45, 7) is 3.91. The van der Waals surface area contributed by atoms with Gasteiger partial charge in [0.2, 0.25) is 11.8 Å².